The van der Waals surface area contributed by atoms with E-state index in [0.29, 0.717) is 29.0 Å². The van der Waals surface area contributed by atoms with Crippen molar-refractivity contribution in [3.63, 3.8) is 0 Å². The minimum atomic E-state index is -0.325. The molecule has 1 aromatic carbocycles. The maximum absolute atomic E-state index is 12.5. The average molecular weight is 355 g/mol. The van der Waals surface area contributed by atoms with Crippen molar-refractivity contribution in [2.24, 2.45) is 0 Å². The summed E-state index contributed by atoms with van der Waals surface area (Å²) in [7, 11) is 0. The number of carbonyl (C=O) groups is 1. The quantitative estimate of drug-likeness (QED) is 0.887. The Morgan fingerprint density at radius 2 is 2.22 bits per heavy atom. The fraction of sp³-hybridized carbons (Fsp3) is 0.400. The summed E-state index contributed by atoms with van der Waals surface area (Å²) in [5.41, 5.74) is 0.397. The van der Waals surface area contributed by atoms with Gasteiger partial charge in [-0.15, -0.1) is 0 Å². The van der Waals surface area contributed by atoms with Crippen molar-refractivity contribution in [3.8, 4) is 0 Å². The van der Waals surface area contributed by atoms with Crippen LogP contribution in [-0.4, -0.2) is 39.1 Å². The maximum Gasteiger partial charge on any atom is 0.340 e. The van der Waals surface area contributed by atoms with Crippen LogP contribution >= 0.6 is 23.2 Å². The molecule has 0 bridgehead atoms. The van der Waals surface area contributed by atoms with Crippen molar-refractivity contribution < 1.29 is 4.79 Å². The van der Waals surface area contributed by atoms with Gasteiger partial charge in [0.25, 0.3) is 0 Å². The first-order valence-corrected chi connectivity index (χ1v) is 8.15. The van der Waals surface area contributed by atoms with Gasteiger partial charge in [-0.05, 0) is 24.5 Å². The van der Waals surface area contributed by atoms with E-state index in [1.54, 1.807) is 23.1 Å². The van der Waals surface area contributed by atoms with Crippen LogP contribution in [0.1, 0.15) is 30.1 Å². The molecular weight excluding hydrogens is 339 g/mol. The van der Waals surface area contributed by atoms with Gasteiger partial charge in [-0.2, -0.15) is 5.10 Å². The van der Waals surface area contributed by atoms with E-state index in [4.69, 9.17) is 23.2 Å². The van der Waals surface area contributed by atoms with Crippen molar-refractivity contribution in [1.29, 1.82) is 0 Å². The second-order valence-electron chi connectivity index (χ2n) is 5.63. The van der Waals surface area contributed by atoms with Crippen molar-refractivity contribution >= 4 is 29.1 Å². The van der Waals surface area contributed by atoms with Crippen molar-refractivity contribution in [2.45, 2.75) is 25.2 Å². The first kappa shape index (κ1) is 16.1. The Bertz CT molecular complexity index is 771. The summed E-state index contributed by atoms with van der Waals surface area (Å²) >= 11 is 12.1. The van der Waals surface area contributed by atoms with Crippen LogP contribution in [0.15, 0.2) is 23.0 Å². The molecule has 1 fully saturated rings. The number of benzene rings is 1. The van der Waals surface area contributed by atoms with Gasteiger partial charge in [0.2, 0.25) is 5.91 Å². The predicted octanol–water partition coefficient (Wildman–Crippen LogP) is 2.35. The van der Waals surface area contributed by atoms with Crippen molar-refractivity contribution in [2.75, 3.05) is 13.1 Å². The Morgan fingerprint density at radius 3 is 2.96 bits per heavy atom. The van der Waals surface area contributed by atoms with Crippen LogP contribution in [-0.2, 0) is 11.2 Å². The lowest BCUT2D eigenvalue weighted by Crippen LogP contribution is -2.40. The zero-order valence-electron chi connectivity index (χ0n) is 12.3. The van der Waals surface area contributed by atoms with E-state index in [0.717, 1.165) is 18.4 Å². The van der Waals surface area contributed by atoms with Gasteiger partial charge in [0.15, 0.2) is 0 Å². The molecule has 1 aliphatic heterocycles. The molecule has 2 heterocycles. The van der Waals surface area contributed by atoms with Gasteiger partial charge >= 0.3 is 5.69 Å². The number of halogens is 2. The normalized spacial score (nSPS) is 18.2. The predicted molar refractivity (Wildman–Crippen MR) is 87.9 cm³/mol. The molecule has 0 saturated carbocycles. The molecule has 1 saturated heterocycles. The number of nitrogens with zero attached hydrogens (tertiary/aromatic N) is 2. The third-order valence-electron chi connectivity index (χ3n) is 4.05. The third-order valence-corrected chi connectivity index (χ3v) is 4.91. The number of likely N-dealkylation sites (tertiary alicyclic amines) is 1. The SMILES string of the molecule is O=C(Cc1cccc(Cl)c1Cl)N1CCCC(c2n[nH]c(=O)[nH]2)C1. The zero-order chi connectivity index (χ0) is 16.4. The number of carbonyl (C=O) groups excluding carboxylic acids is 1. The van der Waals surface area contributed by atoms with Crippen LogP contribution in [0.2, 0.25) is 10.0 Å². The zero-order valence-corrected chi connectivity index (χ0v) is 13.8. The molecule has 1 atom stereocenters. The molecule has 1 unspecified atom stereocenters. The molecule has 1 aromatic heterocycles. The summed E-state index contributed by atoms with van der Waals surface area (Å²) in [4.78, 5) is 28.2. The highest BCUT2D eigenvalue weighted by molar-refractivity contribution is 6.42. The average Bonchev–Trinajstić information content (AvgIpc) is 2.98. The standard InChI is InChI=1S/C15H16Cl2N4O2/c16-11-5-1-3-9(13(11)17)7-12(22)21-6-2-4-10(8-21)14-18-15(23)20-19-14/h1,3,5,10H,2,4,6-8H2,(H2,18,19,20,23). The van der Waals surface area contributed by atoms with E-state index in [-0.39, 0.29) is 23.9 Å². The fourth-order valence-electron chi connectivity index (χ4n) is 2.86. The van der Waals surface area contributed by atoms with E-state index >= 15 is 0 Å². The van der Waals surface area contributed by atoms with Gasteiger partial charge in [0.1, 0.15) is 5.82 Å². The first-order chi connectivity index (χ1) is 11.0. The van der Waals surface area contributed by atoms with Crippen LogP contribution in [0.5, 0.6) is 0 Å². The fourth-order valence-corrected chi connectivity index (χ4v) is 3.25. The number of amides is 1. The van der Waals surface area contributed by atoms with Gasteiger partial charge < -0.3 is 4.90 Å². The van der Waals surface area contributed by atoms with Gasteiger partial charge in [-0.1, -0.05) is 35.3 Å². The lowest BCUT2D eigenvalue weighted by molar-refractivity contribution is -0.131. The summed E-state index contributed by atoms with van der Waals surface area (Å²) in [5.74, 6) is 0.645. The number of hydrogen-bond acceptors (Lipinski definition) is 3. The van der Waals surface area contributed by atoms with Crippen LogP contribution in [0.25, 0.3) is 0 Å². The van der Waals surface area contributed by atoms with Crippen LogP contribution in [0, 0.1) is 0 Å². The van der Waals surface area contributed by atoms with Crippen molar-refractivity contribution in [3.05, 3.63) is 50.1 Å². The first-order valence-electron chi connectivity index (χ1n) is 7.40. The maximum atomic E-state index is 12.5. The van der Waals surface area contributed by atoms with E-state index in [1.165, 1.54) is 0 Å². The van der Waals surface area contributed by atoms with E-state index in [9.17, 15) is 9.59 Å². The lowest BCUT2D eigenvalue weighted by atomic mass is 9.97. The summed E-state index contributed by atoms with van der Waals surface area (Å²) in [5, 5.41) is 7.21. The molecule has 3 rings (SSSR count). The van der Waals surface area contributed by atoms with E-state index < -0.39 is 0 Å². The van der Waals surface area contributed by atoms with Crippen LogP contribution < -0.4 is 5.69 Å². The number of H-pyrrole nitrogens is 2. The molecular formula is C15H16Cl2N4O2. The number of aromatic amines is 2. The Balaban J connectivity index is 1.69. The summed E-state index contributed by atoms with van der Waals surface area (Å²) in [6.45, 7) is 1.24. The topological polar surface area (TPSA) is 81.8 Å². The largest absolute Gasteiger partial charge is 0.342 e. The van der Waals surface area contributed by atoms with E-state index in [2.05, 4.69) is 15.2 Å². The molecule has 23 heavy (non-hydrogen) atoms. The van der Waals surface area contributed by atoms with Crippen LogP contribution in [0.3, 0.4) is 0 Å². The van der Waals surface area contributed by atoms with E-state index in [1.807, 2.05) is 0 Å². The number of aromatic nitrogens is 3. The number of nitrogens with one attached hydrogen (secondary N) is 2. The number of rotatable bonds is 3. The number of piperidine rings is 1. The number of hydrogen-bond donors (Lipinski definition) is 2. The Morgan fingerprint density at radius 1 is 1.39 bits per heavy atom. The molecule has 8 heteroatoms. The molecule has 0 aliphatic carbocycles. The van der Waals surface area contributed by atoms with Crippen molar-refractivity contribution in [1.82, 2.24) is 20.1 Å². The summed E-state index contributed by atoms with van der Waals surface area (Å²) < 4.78 is 0. The third kappa shape index (κ3) is 3.59. The molecule has 1 amide bonds. The van der Waals surface area contributed by atoms with Gasteiger partial charge in [0.05, 0.1) is 16.5 Å². The monoisotopic (exact) mass is 354 g/mol. The van der Waals surface area contributed by atoms with Gasteiger partial charge in [-0.3, -0.25) is 9.78 Å². The minimum absolute atomic E-state index is 0.00301. The Labute approximate surface area is 142 Å². The smallest absolute Gasteiger partial charge is 0.340 e. The van der Waals surface area contributed by atoms with Crippen LogP contribution in [0.4, 0.5) is 0 Å². The lowest BCUT2D eigenvalue weighted by Gasteiger charge is -2.31. The highest BCUT2D eigenvalue weighted by Gasteiger charge is 2.27. The Kier molecular flexibility index (Phi) is 4.73. The minimum Gasteiger partial charge on any atom is -0.342 e. The van der Waals surface area contributed by atoms with Gasteiger partial charge in [-0.25, -0.2) is 9.89 Å². The molecule has 1 aliphatic rings. The second-order valence-corrected chi connectivity index (χ2v) is 6.42. The highest BCUT2D eigenvalue weighted by Crippen LogP contribution is 2.28. The summed E-state index contributed by atoms with van der Waals surface area (Å²) in [6.07, 6.45) is 1.97. The molecule has 0 radical (unpaired) electrons. The molecule has 2 N–H and O–H groups in total. The summed E-state index contributed by atoms with van der Waals surface area (Å²) in [6, 6.07) is 5.28. The highest BCUT2D eigenvalue weighted by atomic mass is 35.5. The van der Waals surface area contributed by atoms with Gasteiger partial charge in [0, 0.05) is 19.0 Å². The molecule has 122 valence electrons. The molecule has 0 spiro atoms. The Hall–Kier alpha value is -1.79. The molecule has 2 aromatic rings. The second kappa shape index (κ2) is 6.76. The molecule has 6 nitrogen and oxygen atoms in total.